The van der Waals surface area contributed by atoms with Crippen molar-refractivity contribution in [2.24, 2.45) is 0 Å². The number of piperazine rings is 2. The van der Waals surface area contributed by atoms with Crippen LogP contribution in [0.4, 0.5) is 32.1 Å². The molecule has 2 saturated carbocycles. The predicted octanol–water partition coefficient (Wildman–Crippen LogP) is 6.13. The highest BCUT2D eigenvalue weighted by Gasteiger charge is 2.33. The highest BCUT2D eigenvalue weighted by atomic mass is 19.1. The van der Waals surface area contributed by atoms with E-state index in [9.17, 15) is 28.6 Å². The molecule has 0 spiro atoms. The number of aliphatic hydroxyl groups is 2. The van der Waals surface area contributed by atoms with Gasteiger partial charge in [-0.05, 0) is 140 Å². The Morgan fingerprint density at radius 3 is 1.34 bits per heavy atom. The third kappa shape index (κ3) is 11.6. The number of nitrogens with zero attached hydrogens (tertiary/aromatic N) is 8. The van der Waals surface area contributed by atoms with Crippen LogP contribution in [0.25, 0.3) is 0 Å². The van der Waals surface area contributed by atoms with Gasteiger partial charge in [-0.15, -0.1) is 0 Å². The predicted molar refractivity (Wildman–Crippen MR) is 245 cm³/mol. The van der Waals surface area contributed by atoms with Crippen molar-refractivity contribution in [1.29, 1.82) is 0 Å². The van der Waals surface area contributed by atoms with Gasteiger partial charge in [-0.25, -0.2) is 28.7 Å². The van der Waals surface area contributed by atoms with E-state index in [1.165, 1.54) is 0 Å². The number of amides is 2. The first kappa shape index (κ1) is 46.5. The van der Waals surface area contributed by atoms with E-state index in [4.69, 9.17) is 0 Å². The Kier molecular flexibility index (Phi) is 14.3. The van der Waals surface area contributed by atoms with E-state index in [1.54, 1.807) is 36.7 Å². The molecule has 0 radical (unpaired) electrons. The largest absolute Gasteiger partial charge is 0.390 e. The molecule has 0 bridgehead atoms. The minimum Gasteiger partial charge on any atom is -0.390 e. The Morgan fingerprint density at radius 2 is 1.00 bits per heavy atom. The van der Waals surface area contributed by atoms with Crippen molar-refractivity contribution in [3.63, 3.8) is 0 Å². The summed E-state index contributed by atoms with van der Waals surface area (Å²) in [6.45, 7) is 15.4. The number of anilines is 4. The number of benzene rings is 2. The van der Waals surface area contributed by atoms with E-state index in [-0.39, 0.29) is 47.6 Å². The first-order valence-electron chi connectivity index (χ1n) is 22.7. The lowest BCUT2D eigenvalue weighted by molar-refractivity contribution is 0.0138. The molecule has 4 aromatic rings. The highest BCUT2D eigenvalue weighted by molar-refractivity contribution is 5.93. The Labute approximate surface area is 375 Å². The quantitative estimate of drug-likeness (QED) is 0.161. The van der Waals surface area contributed by atoms with Crippen LogP contribution in [0.5, 0.6) is 0 Å². The third-order valence-corrected chi connectivity index (χ3v) is 13.2. The molecule has 2 saturated heterocycles. The third-order valence-electron chi connectivity index (χ3n) is 13.2. The summed E-state index contributed by atoms with van der Waals surface area (Å²) in [6, 6.07) is 14.1. The normalized spacial score (nSPS) is 26.2. The second kappa shape index (κ2) is 19.7. The van der Waals surface area contributed by atoms with Gasteiger partial charge in [-0.3, -0.25) is 9.59 Å². The molecule has 4 aliphatic rings. The molecule has 4 fully saturated rings. The van der Waals surface area contributed by atoms with Crippen LogP contribution < -0.4 is 30.2 Å². The lowest BCUT2D eigenvalue weighted by Gasteiger charge is -2.41. The van der Waals surface area contributed by atoms with Crippen molar-refractivity contribution in [3.8, 4) is 0 Å². The minimum atomic E-state index is -0.636. The van der Waals surface area contributed by atoms with E-state index in [0.29, 0.717) is 99.6 Å². The molecule has 2 aliphatic carbocycles. The lowest BCUT2D eigenvalue weighted by Crippen LogP contribution is -2.53. The monoisotopic (exact) mass is 883 g/mol. The summed E-state index contributed by atoms with van der Waals surface area (Å²) in [4.78, 5) is 51.6. The standard InChI is InChI=1S/2C24H32FN5O2/c2*1-16-4-5-21(19(25)14-16)29-12-13-30(17(2)15-29)23-26-11-8-20(28-23)22(31)27-18-6-9-24(3,32)10-7-18/h2*4-5,8,11,14,17-18,32H,6-7,9-10,12-13,15H2,1-3H3,(H,27,31)/t2*17-,18?,24?/m11/s1. The van der Waals surface area contributed by atoms with Crippen molar-refractivity contribution in [3.05, 3.63) is 95.1 Å². The number of halogens is 2. The molecule has 2 amide bonds. The van der Waals surface area contributed by atoms with Crippen LogP contribution in [-0.2, 0) is 0 Å². The van der Waals surface area contributed by atoms with Gasteiger partial charge >= 0.3 is 0 Å². The second-order valence-electron chi connectivity index (χ2n) is 18.9. The average Bonchev–Trinajstić information content (AvgIpc) is 3.25. The van der Waals surface area contributed by atoms with Gasteiger partial charge in [0.25, 0.3) is 11.8 Å². The summed E-state index contributed by atoms with van der Waals surface area (Å²) in [5, 5.41) is 26.3. The zero-order valence-electron chi connectivity index (χ0n) is 38.0. The fourth-order valence-corrected chi connectivity index (χ4v) is 9.20. The summed E-state index contributed by atoms with van der Waals surface area (Å²) in [7, 11) is 0. The molecular weight excluding hydrogens is 819 g/mol. The first-order chi connectivity index (χ1) is 30.4. The molecule has 2 aromatic carbocycles. The summed E-state index contributed by atoms with van der Waals surface area (Å²) < 4.78 is 28.8. The summed E-state index contributed by atoms with van der Waals surface area (Å²) >= 11 is 0. The van der Waals surface area contributed by atoms with Gasteiger partial charge in [0.1, 0.15) is 23.0 Å². The summed E-state index contributed by atoms with van der Waals surface area (Å²) in [5.74, 6) is 0.192. The number of aryl methyl sites for hydroxylation is 2. The van der Waals surface area contributed by atoms with Crippen molar-refractivity contribution in [2.75, 3.05) is 58.9 Å². The second-order valence-corrected chi connectivity index (χ2v) is 18.9. The zero-order valence-corrected chi connectivity index (χ0v) is 38.0. The van der Waals surface area contributed by atoms with Crippen LogP contribution in [0.1, 0.15) is 111 Å². The van der Waals surface area contributed by atoms with E-state index < -0.39 is 11.2 Å². The van der Waals surface area contributed by atoms with E-state index in [0.717, 1.165) is 36.8 Å². The Morgan fingerprint density at radius 1 is 0.625 bits per heavy atom. The van der Waals surface area contributed by atoms with Gasteiger partial charge < -0.3 is 40.4 Å². The molecule has 0 unspecified atom stereocenters. The molecule has 344 valence electrons. The maximum atomic E-state index is 14.4. The van der Waals surface area contributed by atoms with E-state index >= 15 is 0 Å². The van der Waals surface area contributed by atoms with Gasteiger partial charge in [0.05, 0.1) is 22.6 Å². The number of carbonyl (C=O) groups is 2. The van der Waals surface area contributed by atoms with Crippen LogP contribution in [0.3, 0.4) is 0 Å². The first-order valence-corrected chi connectivity index (χ1v) is 22.7. The molecule has 2 atom stereocenters. The zero-order chi connectivity index (χ0) is 45.8. The van der Waals surface area contributed by atoms with Crippen LogP contribution in [0, 0.1) is 25.5 Å². The van der Waals surface area contributed by atoms with Crippen molar-refractivity contribution in [1.82, 2.24) is 30.6 Å². The van der Waals surface area contributed by atoms with Gasteiger partial charge in [0.15, 0.2) is 0 Å². The van der Waals surface area contributed by atoms with E-state index in [2.05, 4.69) is 54.2 Å². The van der Waals surface area contributed by atoms with Crippen LogP contribution in [-0.4, -0.2) is 117 Å². The highest BCUT2D eigenvalue weighted by Crippen LogP contribution is 2.30. The van der Waals surface area contributed by atoms with Crippen LogP contribution in [0.15, 0.2) is 60.9 Å². The number of rotatable bonds is 8. The average molecular weight is 883 g/mol. The van der Waals surface area contributed by atoms with Crippen molar-refractivity contribution >= 4 is 35.1 Å². The maximum Gasteiger partial charge on any atom is 0.270 e. The Balaban J connectivity index is 0.000000191. The molecule has 2 aromatic heterocycles. The van der Waals surface area contributed by atoms with Gasteiger partial charge in [0, 0.05) is 75.8 Å². The number of hydrogen-bond donors (Lipinski definition) is 4. The molecular formula is C48H64F2N10O4. The fraction of sp³-hybridized carbons (Fsp3) is 0.542. The Bertz CT molecular complexity index is 2100. The Hall–Kier alpha value is -5.48. The smallest absolute Gasteiger partial charge is 0.270 e. The van der Waals surface area contributed by atoms with Gasteiger partial charge in [-0.1, -0.05) is 12.1 Å². The molecule has 16 heteroatoms. The minimum absolute atomic E-state index is 0.0491. The SMILES string of the molecule is Cc1ccc(N2CCN(c3nccc(C(=O)NC4CCC(C)(O)CC4)n3)[C@H](C)C2)c(F)c1.Cc1ccc(N2CCN(c3nccc(C(=O)NC4CCC(C)(O)CC4)n3)[C@H](C)C2)c(F)c1. The fourth-order valence-electron chi connectivity index (χ4n) is 9.20. The van der Waals surface area contributed by atoms with Gasteiger partial charge in [0.2, 0.25) is 11.9 Å². The molecule has 2 aliphatic heterocycles. The molecule has 64 heavy (non-hydrogen) atoms. The number of aromatic nitrogens is 4. The summed E-state index contributed by atoms with van der Waals surface area (Å²) in [5.41, 5.74) is 2.44. The molecule has 4 heterocycles. The van der Waals surface area contributed by atoms with Crippen molar-refractivity contribution in [2.45, 2.75) is 128 Å². The maximum absolute atomic E-state index is 14.4. The van der Waals surface area contributed by atoms with Crippen LogP contribution >= 0.6 is 0 Å². The molecule has 4 N–H and O–H groups in total. The van der Waals surface area contributed by atoms with Gasteiger partial charge in [-0.2, -0.15) is 0 Å². The number of carbonyl (C=O) groups excluding carboxylic acids is 2. The summed E-state index contributed by atoms with van der Waals surface area (Å²) in [6.07, 6.45) is 8.95. The topological polar surface area (TPSA) is 163 Å². The van der Waals surface area contributed by atoms with Crippen molar-refractivity contribution < 1.29 is 28.6 Å². The lowest BCUT2D eigenvalue weighted by atomic mass is 9.83. The molecule has 14 nitrogen and oxygen atoms in total. The van der Waals surface area contributed by atoms with Crippen LogP contribution in [0.2, 0.25) is 0 Å². The number of hydrogen-bond acceptors (Lipinski definition) is 12. The molecule has 8 rings (SSSR count). The number of nitrogens with one attached hydrogen (secondary N) is 2. The van der Waals surface area contributed by atoms with E-state index in [1.807, 2.05) is 61.8 Å².